The van der Waals surface area contributed by atoms with Crippen LogP contribution in [0, 0.1) is 11.8 Å². The average Bonchev–Trinajstić information content (AvgIpc) is 2.40. The first-order valence-electron chi connectivity index (χ1n) is 6.98. The topological polar surface area (TPSA) is 29.3 Å². The lowest BCUT2D eigenvalue weighted by Gasteiger charge is -2.37. The van der Waals surface area contributed by atoms with Gasteiger partial charge < -0.3 is 10.6 Å². The first-order chi connectivity index (χ1) is 9.32. The van der Waals surface area contributed by atoms with Crippen LogP contribution in [0.25, 0.3) is 0 Å². The van der Waals surface area contributed by atoms with Crippen molar-refractivity contribution in [3.05, 3.63) is 29.3 Å². The van der Waals surface area contributed by atoms with Gasteiger partial charge in [-0.3, -0.25) is 0 Å². The molecule has 0 aromatic heterocycles. The predicted molar refractivity (Wildman–Crippen MR) is 74.5 cm³/mol. The third-order valence-corrected chi connectivity index (χ3v) is 4.31. The Morgan fingerprint density at radius 2 is 1.95 bits per heavy atom. The number of piperidine rings is 1. The van der Waals surface area contributed by atoms with Crippen LogP contribution in [0.3, 0.4) is 0 Å². The number of nitrogens with zero attached hydrogens (tertiary/aromatic N) is 1. The summed E-state index contributed by atoms with van der Waals surface area (Å²) in [6.07, 6.45) is -3.27. The molecule has 1 aromatic rings. The van der Waals surface area contributed by atoms with E-state index >= 15 is 0 Å². The summed E-state index contributed by atoms with van der Waals surface area (Å²) in [5.74, 6) is 1.21. The molecule has 0 aliphatic carbocycles. The molecule has 2 N–H and O–H groups in total. The summed E-state index contributed by atoms with van der Waals surface area (Å²) in [4.78, 5) is 2.16. The first kappa shape index (κ1) is 15.2. The van der Waals surface area contributed by atoms with E-state index in [0.717, 1.165) is 31.3 Å². The largest absolute Gasteiger partial charge is 0.416 e. The van der Waals surface area contributed by atoms with Crippen molar-refractivity contribution in [3.8, 4) is 0 Å². The molecule has 2 atom stereocenters. The lowest BCUT2D eigenvalue weighted by atomic mass is 9.88. The highest BCUT2D eigenvalue weighted by atomic mass is 19.4. The van der Waals surface area contributed by atoms with E-state index in [4.69, 9.17) is 5.73 Å². The quantitative estimate of drug-likeness (QED) is 0.899. The maximum absolute atomic E-state index is 12.9. The molecule has 0 saturated carbocycles. The van der Waals surface area contributed by atoms with Crippen molar-refractivity contribution < 1.29 is 13.2 Å². The molecule has 1 aliphatic rings. The average molecular weight is 286 g/mol. The van der Waals surface area contributed by atoms with E-state index in [1.165, 1.54) is 0 Å². The number of anilines is 1. The van der Waals surface area contributed by atoms with Gasteiger partial charge in [-0.1, -0.05) is 13.8 Å². The molecular weight excluding hydrogens is 265 g/mol. The molecule has 0 amide bonds. The van der Waals surface area contributed by atoms with Gasteiger partial charge in [-0.05, 0) is 42.0 Å². The zero-order valence-electron chi connectivity index (χ0n) is 11.9. The minimum atomic E-state index is -4.34. The summed E-state index contributed by atoms with van der Waals surface area (Å²) in [6.45, 7) is 6.09. The Balaban J connectivity index is 2.26. The second kappa shape index (κ2) is 5.64. The smallest absolute Gasteiger partial charge is 0.371 e. The molecule has 0 bridgehead atoms. The summed E-state index contributed by atoms with van der Waals surface area (Å²) >= 11 is 0. The SMILES string of the molecule is CC1CCN(c2ccc(C(F)(F)F)c(CN)c2)CC1C. The first-order valence-corrected chi connectivity index (χ1v) is 6.98. The van der Waals surface area contributed by atoms with Gasteiger partial charge in [0.05, 0.1) is 5.56 Å². The van der Waals surface area contributed by atoms with Crippen LogP contribution < -0.4 is 10.6 Å². The maximum atomic E-state index is 12.9. The summed E-state index contributed by atoms with van der Waals surface area (Å²) < 4.78 is 38.6. The molecule has 5 heteroatoms. The lowest BCUT2D eigenvalue weighted by Crippen LogP contribution is -2.38. The molecule has 1 aliphatic heterocycles. The number of rotatable bonds is 2. The Morgan fingerprint density at radius 1 is 1.25 bits per heavy atom. The Labute approximate surface area is 117 Å². The van der Waals surface area contributed by atoms with E-state index in [-0.39, 0.29) is 12.1 Å². The zero-order valence-corrected chi connectivity index (χ0v) is 11.9. The monoisotopic (exact) mass is 286 g/mol. The zero-order chi connectivity index (χ0) is 14.9. The third-order valence-electron chi connectivity index (χ3n) is 4.31. The van der Waals surface area contributed by atoms with Gasteiger partial charge in [0, 0.05) is 25.3 Å². The van der Waals surface area contributed by atoms with Crippen LogP contribution in [0.5, 0.6) is 0 Å². The van der Waals surface area contributed by atoms with Crippen molar-refractivity contribution in [1.29, 1.82) is 0 Å². The molecule has 1 heterocycles. The van der Waals surface area contributed by atoms with Crippen LogP contribution in [-0.2, 0) is 12.7 Å². The molecular formula is C15H21F3N2. The van der Waals surface area contributed by atoms with Crippen molar-refractivity contribution in [1.82, 2.24) is 0 Å². The van der Waals surface area contributed by atoms with Crippen molar-refractivity contribution in [2.75, 3.05) is 18.0 Å². The Morgan fingerprint density at radius 3 is 2.50 bits per heavy atom. The number of hydrogen-bond donors (Lipinski definition) is 1. The second-order valence-corrected chi connectivity index (χ2v) is 5.73. The molecule has 0 radical (unpaired) electrons. The normalized spacial score (nSPS) is 24.0. The minimum absolute atomic E-state index is 0.0948. The van der Waals surface area contributed by atoms with Crippen molar-refractivity contribution in [3.63, 3.8) is 0 Å². The predicted octanol–water partition coefficient (Wildman–Crippen LogP) is 3.65. The van der Waals surface area contributed by atoms with Crippen molar-refractivity contribution in [2.45, 2.75) is 33.0 Å². The van der Waals surface area contributed by atoms with Gasteiger partial charge in [0.25, 0.3) is 0 Å². The van der Waals surface area contributed by atoms with Crippen LogP contribution in [0.15, 0.2) is 18.2 Å². The van der Waals surface area contributed by atoms with Crippen LogP contribution in [0.4, 0.5) is 18.9 Å². The van der Waals surface area contributed by atoms with E-state index in [0.29, 0.717) is 11.8 Å². The molecule has 0 spiro atoms. The highest BCUT2D eigenvalue weighted by molar-refractivity contribution is 5.52. The maximum Gasteiger partial charge on any atom is 0.416 e. The van der Waals surface area contributed by atoms with E-state index in [2.05, 4.69) is 18.7 Å². The molecule has 2 unspecified atom stereocenters. The van der Waals surface area contributed by atoms with Crippen LogP contribution in [0.2, 0.25) is 0 Å². The van der Waals surface area contributed by atoms with Gasteiger partial charge in [0.15, 0.2) is 0 Å². The highest BCUT2D eigenvalue weighted by Crippen LogP contribution is 2.35. The van der Waals surface area contributed by atoms with Crippen molar-refractivity contribution >= 4 is 5.69 Å². The summed E-state index contributed by atoms with van der Waals surface area (Å²) in [5, 5.41) is 0. The summed E-state index contributed by atoms with van der Waals surface area (Å²) in [5.41, 5.74) is 5.87. The van der Waals surface area contributed by atoms with Crippen molar-refractivity contribution in [2.24, 2.45) is 17.6 Å². The molecule has 2 nitrogen and oxygen atoms in total. The van der Waals surface area contributed by atoms with Crippen LogP contribution in [0.1, 0.15) is 31.4 Å². The summed E-state index contributed by atoms with van der Waals surface area (Å²) in [7, 11) is 0. The Hall–Kier alpha value is -1.23. The highest BCUT2D eigenvalue weighted by Gasteiger charge is 2.33. The Kier molecular flexibility index (Phi) is 4.28. The van der Waals surface area contributed by atoms with E-state index in [1.807, 2.05) is 0 Å². The Bertz CT molecular complexity index is 471. The fraction of sp³-hybridized carbons (Fsp3) is 0.600. The number of halogens is 3. The van der Waals surface area contributed by atoms with Gasteiger partial charge in [0.1, 0.15) is 0 Å². The number of nitrogens with two attached hydrogens (primary N) is 1. The molecule has 1 saturated heterocycles. The molecule has 112 valence electrons. The van der Waals surface area contributed by atoms with Crippen LogP contribution in [-0.4, -0.2) is 13.1 Å². The van der Waals surface area contributed by atoms with Gasteiger partial charge in [-0.15, -0.1) is 0 Å². The van der Waals surface area contributed by atoms with E-state index < -0.39 is 11.7 Å². The molecule has 1 aromatic carbocycles. The number of benzene rings is 1. The molecule has 1 fully saturated rings. The van der Waals surface area contributed by atoms with Gasteiger partial charge in [-0.2, -0.15) is 13.2 Å². The molecule has 20 heavy (non-hydrogen) atoms. The minimum Gasteiger partial charge on any atom is -0.371 e. The fourth-order valence-corrected chi connectivity index (χ4v) is 2.72. The standard InChI is InChI=1S/C15H21F3N2/c1-10-5-6-20(9-11(10)2)13-3-4-14(15(16,17)18)12(7-13)8-19/h3-4,7,10-11H,5-6,8-9,19H2,1-2H3. The van der Waals surface area contributed by atoms with Gasteiger partial charge in [0.2, 0.25) is 0 Å². The third kappa shape index (κ3) is 3.08. The van der Waals surface area contributed by atoms with E-state index in [9.17, 15) is 13.2 Å². The number of hydrogen-bond acceptors (Lipinski definition) is 2. The number of alkyl halides is 3. The van der Waals surface area contributed by atoms with E-state index in [1.54, 1.807) is 12.1 Å². The van der Waals surface area contributed by atoms with Gasteiger partial charge in [-0.25, -0.2) is 0 Å². The summed E-state index contributed by atoms with van der Waals surface area (Å²) in [6, 6.07) is 4.30. The fourth-order valence-electron chi connectivity index (χ4n) is 2.72. The van der Waals surface area contributed by atoms with Crippen LogP contribution >= 0.6 is 0 Å². The molecule has 2 rings (SSSR count). The second-order valence-electron chi connectivity index (χ2n) is 5.73. The lowest BCUT2D eigenvalue weighted by molar-refractivity contribution is -0.138. The van der Waals surface area contributed by atoms with Gasteiger partial charge >= 0.3 is 6.18 Å².